The highest BCUT2D eigenvalue weighted by Gasteiger charge is 2.41. The fraction of sp³-hybridized carbons (Fsp3) is 0.615. The largest absolute Gasteiger partial charge is 0.481 e. The summed E-state index contributed by atoms with van der Waals surface area (Å²) in [6.07, 6.45) is 0.550. The average Bonchev–Trinajstić information content (AvgIpc) is 3.66. The molecule has 1 aliphatic rings. The molecule has 13 N–H and O–H groups in total. The predicted octanol–water partition coefficient (Wildman–Crippen LogP) is -1.30. The van der Waals surface area contributed by atoms with Gasteiger partial charge in [0, 0.05) is 25.9 Å². The molecule has 1 aliphatic heterocycles. The molecule has 1 fully saturated rings. The molecule has 20 heteroatoms. The molecule has 1 aromatic rings. The van der Waals surface area contributed by atoms with Gasteiger partial charge in [-0.1, -0.05) is 58.0 Å². The third-order valence-electron chi connectivity index (χ3n) is 9.64. The van der Waals surface area contributed by atoms with Crippen molar-refractivity contribution in [1.29, 1.82) is 0 Å². The molecule has 0 spiro atoms. The van der Waals surface area contributed by atoms with Crippen LogP contribution in [-0.4, -0.2) is 124 Å². The maximum absolute atomic E-state index is 14.2. The number of rotatable bonds is 24. The summed E-state index contributed by atoms with van der Waals surface area (Å²) in [6, 6.07) is 0.669. The Bertz CT molecular complexity index is 1650. The monoisotopic (exact) mass is 830 g/mol. The standard InChI is InChI=1S/C39H62N10O10/c1-21(2)19-27(34(54)44-23(5)38(58)59)47-33(53)26(15-16-30(50)51)45-36(56)29-14-10-18-49(29)37(57)31(22(3)4)48-35(55)28(20-24-11-7-6-8-12-24)46-32(52)25(40)13-9-17-43-39(41)42/h6-8,11-12,21-23,25-29,31H,9-10,13-20,40H2,1-5H3,(H,44,54)(H,45,56)(H,46,52)(H,47,53)(H,48,55)(H,50,51)(H,58,59)(H4,41,42,43)/t23-,25-,26-,27-,28-,29-,31-/m0/s1. The summed E-state index contributed by atoms with van der Waals surface area (Å²) in [5.41, 5.74) is 17.6. The number of aliphatic imine (C=N–C) groups is 1. The van der Waals surface area contributed by atoms with Gasteiger partial charge in [0.15, 0.2) is 5.96 Å². The van der Waals surface area contributed by atoms with Gasteiger partial charge < -0.3 is 58.9 Å². The molecule has 2 rings (SSSR count). The Kier molecular flexibility index (Phi) is 20.2. The van der Waals surface area contributed by atoms with Crippen LogP contribution in [0.5, 0.6) is 0 Å². The van der Waals surface area contributed by atoms with E-state index in [-0.39, 0.29) is 57.1 Å². The third-order valence-corrected chi connectivity index (χ3v) is 9.64. The summed E-state index contributed by atoms with van der Waals surface area (Å²) in [6.45, 7) is 8.63. The molecule has 0 aromatic heterocycles. The number of carbonyl (C=O) groups excluding carboxylic acids is 6. The first-order chi connectivity index (χ1) is 27.7. The highest BCUT2D eigenvalue weighted by atomic mass is 16.4. The lowest BCUT2D eigenvalue weighted by Crippen LogP contribution is -2.60. The summed E-state index contributed by atoms with van der Waals surface area (Å²) in [4.78, 5) is 110. The lowest BCUT2D eigenvalue weighted by Gasteiger charge is -2.32. The van der Waals surface area contributed by atoms with E-state index in [0.717, 1.165) is 5.56 Å². The van der Waals surface area contributed by atoms with Gasteiger partial charge in [-0.25, -0.2) is 0 Å². The zero-order chi connectivity index (χ0) is 44.4. The Balaban J connectivity index is 2.28. The molecule has 0 bridgehead atoms. The van der Waals surface area contributed by atoms with E-state index in [2.05, 4.69) is 31.6 Å². The molecule has 6 amide bonds. The van der Waals surface area contributed by atoms with E-state index >= 15 is 0 Å². The molecule has 7 atom stereocenters. The second-order valence-electron chi connectivity index (χ2n) is 15.5. The van der Waals surface area contributed by atoms with Crippen molar-refractivity contribution in [3.63, 3.8) is 0 Å². The number of nitrogens with zero attached hydrogens (tertiary/aromatic N) is 2. The summed E-state index contributed by atoms with van der Waals surface area (Å²) < 4.78 is 0. The number of likely N-dealkylation sites (tertiary alicyclic amines) is 1. The van der Waals surface area contributed by atoms with Gasteiger partial charge in [-0.2, -0.15) is 0 Å². The predicted molar refractivity (Wildman–Crippen MR) is 217 cm³/mol. The Morgan fingerprint density at radius 2 is 1.41 bits per heavy atom. The molecule has 328 valence electrons. The van der Waals surface area contributed by atoms with Crippen LogP contribution in [0, 0.1) is 11.8 Å². The molecule has 0 aliphatic carbocycles. The van der Waals surface area contributed by atoms with E-state index in [9.17, 15) is 48.6 Å². The average molecular weight is 831 g/mol. The van der Waals surface area contributed by atoms with Crippen LogP contribution in [0.25, 0.3) is 0 Å². The number of amides is 6. The van der Waals surface area contributed by atoms with Crippen LogP contribution in [0.4, 0.5) is 0 Å². The van der Waals surface area contributed by atoms with Crippen molar-refractivity contribution in [2.24, 2.45) is 34.0 Å². The van der Waals surface area contributed by atoms with E-state index < -0.39 is 102 Å². The van der Waals surface area contributed by atoms with Gasteiger partial charge in [0.05, 0.1) is 6.04 Å². The molecular formula is C39H62N10O10. The van der Waals surface area contributed by atoms with Gasteiger partial charge in [-0.15, -0.1) is 0 Å². The van der Waals surface area contributed by atoms with Crippen LogP contribution >= 0.6 is 0 Å². The van der Waals surface area contributed by atoms with Crippen LogP contribution in [0.3, 0.4) is 0 Å². The SMILES string of the molecule is CC(C)C[C@H](NC(=O)[C@H](CCC(=O)O)NC(=O)[C@@H]1CCCN1C(=O)[C@@H](NC(=O)[C@H](Cc1ccccc1)NC(=O)[C@@H](N)CCCN=C(N)N)C(C)C)C(=O)N[C@@H](C)C(=O)O. The molecule has 1 heterocycles. The Hall–Kier alpha value is -5.79. The van der Waals surface area contributed by atoms with Crippen molar-refractivity contribution < 1.29 is 48.6 Å². The molecule has 0 radical (unpaired) electrons. The zero-order valence-electron chi connectivity index (χ0n) is 34.4. The number of benzene rings is 1. The van der Waals surface area contributed by atoms with E-state index in [1.807, 2.05) is 0 Å². The van der Waals surface area contributed by atoms with Gasteiger partial charge in [0.2, 0.25) is 35.4 Å². The molecule has 1 aromatic carbocycles. The number of nitrogens with two attached hydrogens (primary N) is 3. The van der Waals surface area contributed by atoms with Gasteiger partial charge in [-0.3, -0.25) is 43.3 Å². The first-order valence-electron chi connectivity index (χ1n) is 19.8. The second-order valence-corrected chi connectivity index (χ2v) is 15.5. The number of aliphatic carboxylic acids is 2. The minimum Gasteiger partial charge on any atom is -0.481 e. The molecular weight excluding hydrogens is 768 g/mol. The zero-order valence-corrected chi connectivity index (χ0v) is 34.4. The maximum Gasteiger partial charge on any atom is 0.325 e. The fourth-order valence-electron chi connectivity index (χ4n) is 6.39. The van der Waals surface area contributed by atoms with Crippen molar-refractivity contribution in [3.05, 3.63) is 35.9 Å². The Morgan fingerprint density at radius 3 is 1.98 bits per heavy atom. The van der Waals surface area contributed by atoms with Gasteiger partial charge in [0.25, 0.3) is 0 Å². The minimum absolute atomic E-state index is 0.0744. The molecule has 0 unspecified atom stereocenters. The highest BCUT2D eigenvalue weighted by Crippen LogP contribution is 2.21. The Morgan fingerprint density at radius 1 is 0.797 bits per heavy atom. The van der Waals surface area contributed by atoms with Crippen LogP contribution in [0.2, 0.25) is 0 Å². The smallest absolute Gasteiger partial charge is 0.325 e. The quantitative estimate of drug-likeness (QED) is 0.0329. The van der Waals surface area contributed by atoms with Crippen LogP contribution in [0.1, 0.15) is 85.1 Å². The van der Waals surface area contributed by atoms with E-state index in [1.165, 1.54) is 11.8 Å². The van der Waals surface area contributed by atoms with Crippen molar-refractivity contribution in [2.75, 3.05) is 13.1 Å². The van der Waals surface area contributed by atoms with Gasteiger partial charge >= 0.3 is 11.9 Å². The summed E-state index contributed by atoms with van der Waals surface area (Å²) in [7, 11) is 0. The van der Waals surface area contributed by atoms with E-state index in [4.69, 9.17) is 17.2 Å². The van der Waals surface area contributed by atoms with Crippen molar-refractivity contribution >= 4 is 53.3 Å². The lowest BCUT2D eigenvalue weighted by molar-refractivity contribution is -0.143. The van der Waals surface area contributed by atoms with E-state index in [0.29, 0.717) is 12.8 Å². The maximum atomic E-state index is 14.2. The molecule has 59 heavy (non-hydrogen) atoms. The van der Waals surface area contributed by atoms with Gasteiger partial charge in [0.1, 0.15) is 36.3 Å². The number of carboxylic acid groups (broad SMARTS) is 2. The van der Waals surface area contributed by atoms with Crippen molar-refractivity contribution in [3.8, 4) is 0 Å². The van der Waals surface area contributed by atoms with Crippen LogP contribution in [0.15, 0.2) is 35.3 Å². The normalized spacial score (nSPS) is 16.7. The molecule has 0 saturated carbocycles. The first-order valence-corrected chi connectivity index (χ1v) is 19.8. The highest BCUT2D eigenvalue weighted by molar-refractivity contribution is 5.97. The van der Waals surface area contributed by atoms with Crippen LogP contribution < -0.4 is 43.8 Å². The minimum atomic E-state index is -1.43. The van der Waals surface area contributed by atoms with Crippen molar-refractivity contribution in [1.82, 2.24) is 31.5 Å². The van der Waals surface area contributed by atoms with Crippen molar-refractivity contribution in [2.45, 2.75) is 128 Å². The number of carboxylic acids is 2. The third kappa shape index (κ3) is 16.9. The summed E-state index contributed by atoms with van der Waals surface area (Å²) in [5, 5.41) is 31.5. The second kappa shape index (κ2) is 24.2. The fourth-order valence-corrected chi connectivity index (χ4v) is 6.39. The number of nitrogens with one attached hydrogen (secondary N) is 5. The first kappa shape index (κ1) is 49.4. The Labute approximate surface area is 344 Å². The number of hydrogen-bond donors (Lipinski definition) is 10. The molecule has 20 nitrogen and oxygen atoms in total. The number of guanidine groups is 1. The summed E-state index contributed by atoms with van der Waals surface area (Å²) in [5.74, 6) is -7.46. The number of hydrogen-bond acceptors (Lipinski definition) is 10. The topological polar surface area (TPSA) is 331 Å². The number of carbonyl (C=O) groups is 8. The van der Waals surface area contributed by atoms with E-state index in [1.54, 1.807) is 58.0 Å². The van der Waals surface area contributed by atoms with Gasteiger partial charge in [-0.05, 0) is 62.8 Å². The summed E-state index contributed by atoms with van der Waals surface area (Å²) >= 11 is 0. The van der Waals surface area contributed by atoms with Crippen LogP contribution in [-0.2, 0) is 44.8 Å². The molecule has 1 saturated heterocycles. The lowest BCUT2D eigenvalue weighted by atomic mass is 9.99.